The molecular formula is C16H33N3. The Morgan fingerprint density at radius 3 is 2.16 bits per heavy atom. The molecule has 0 aromatic heterocycles. The van der Waals surface area contributed by atoms with Crippen LogP contribution in [0.25, 0.3) is 0 Å². The second kappa shape index (κ2) is 6.55. The van der Waals surface area contributed by atoms with Gasteiger partial charge < -0.3 is 5.32 Å². The summed E-state index contributed by atoms with van der Waals surface area (Å²) in [5, 5.41) is 3.46. The van der Waals surface area contributed by atoms with Crippen LogP contribution in [0.5, 0.6) is 0 Å². The van der Waals surface area contributed by atoms with Gasteiger partial charge in [-0.1, -0.05) is 19.3 Å². The van der Waals surface area contributed by atoms with Gasteiger partial charge in [0.25, 0.3) is 0 Å². The summed E-state index contributed by atoms with van der Waals surface area (Å²) in [5.41, 5.74) is 0.544. The number of piperazine rings is 1. The first kappa shape index (κ1) is 15.3. The highest BCUT2D eigenvalue weighted by Crippen LogP contribution is 2.37. The highest BCUT2D eigenvalue weighted by Gasteiger charge is 2.36. The van der Waals surface area contributed by atoms with Crippen LogP contribution in [0.3, 0.4) is 0 Å². The van der Waals surface area contributed by atoms with Gasteiger partial charge in [0.05, 0.1) is 0 Å². The molecule has 1 N–H and O–H groups in total. The zero-order chi connectivity index (χ0) is 13.9. The topological polar surface area (TPSA) is 18.5 Å². The average molecular weight is 267 g/mol. The molecule has 0 bridgehead atoms. The average Bonchev–Trinajstić information content (AvgIpc) is 2.37. The molecule has 0 aromatic carbocycles. The van der Waals surface area contributed by atoms with E-state index in [-0.39, 0.29) is 0 Å². The van der Waals surface area contributed by atoms with E-state index in [1.54, 1.807) is 0 Å². The molecule has 3 heteroatoms. The zero-order valence-electron chi connectivity index (χ0n) is 13.4. The Hall–Kier alpha value is -0.120. The second-order valence-corrected chi connectivity index (χ2v) is 7.15. The van der Waals surface area contributed by atoms with E-state index in [9.17, 15) is 0 Å². The maximum Gasteiger partial charge on any atom is 0.0195 e. The number of hydrogen-bond donors (Lipinski definition) is 1. The van der Waals surface area contributed by atoms with Crippen molar-refractivity contribution in [3.63, 3.8) is 0 Å². The molecule has 2 unspecified atom stereocenters. The number of hydrogen-bond acceptors (Lipinski definition) is 3. The number of nitrogens with one attached hydrogen (secondary N) is 1. The predicted octanol–water partition coefficient (Wildman–Crippen LogP) is 2.18. The molecule has 0 amide bonds. The van der Waals surface area contributed by atoms with Crippen molar-refractivity contribution in [2.45, 2.75) is 58.0 Å². The lowest BCUT2D eigenvalue weighted by molar-refractivity contribution is 0.0202. The zero-order valence-corrected chi connectivity index (χ0v) is 13.4. The van der Waals surface area contributed by atoms with Crippen LogP contribution < -0.4 is 5.32 Å². The fourth-order valence-electron chi connectivity index (χ4n) is 4.18. The SMILES string of the molecule is CNCC1(CN2CC(C)N(C)C(C)C2)CCCCC1. The van der Waals surface area contributed by atoms with Gasteiger partial charge in [-0.25, -0.2) is 0 Å². The van der Waals surface area contributed by atoms with Crippen LogP contribution >= 0.6 is 0 Å². The van der Waals surface area contributed by atoms with Gasteiger partial charge in [-0.05, 0) is 46.2 Å². The molecule has 0 aromatic rings. The third-order valence-corrected chi connectivity index (χ3v) is 5.46. The Morgan fingerprint density at radius 2 is 1.63 bits per heavy atom. The van der Waals surface area contributed by atoms with E-state index in [4.69, 9.17) is 0 Å². The molecule has 1 heterocycles. The Bertz CT molecular complexity index is 256. The van der Waals surface area contributed by atoms with E-state index in [2.05, 4.69) is 43.1 Å². The fraction of sp³-hybridized carbons (Fsp3) is 1.00. The van der Waals surface area contributed by atoms with Crippen molar-refractivity contribution in [2.75, 3.05) is 40.3 Å². The summed E-state index contributed by atoms with van der Waals surface area (Å²) in [4.78, 5) is 5.26. The summed E-state index contributed by atoms with van der Waals surface area (Å²) >= 11 is 0. The van der Waals surface area contributed by atoms with Crippen LogP contribution in [0, 0.1) is 5.41 Å². The van der Waals surface area contributed by atoms with E-state index in [0.29, 0.717) is 17.5 Å². The maximum atomic E-state index is 3.46. The van der Waals surface area contributed by atoms with E-state index >= 15 is 0 Å². The normalized spacial score (nSPS) is 33.5. The minimum Gasteiger partial charge on any atom is -0.319 e. The van der Waals surface area contributed by atoms with Crippen molar-refractivity contribution in [1.82, 2.24) is 15.1 Å². The molecule has 3 nitrogen and oxygen atoms in total. The molecule has 0 spiro atoms. The monoisotopic (exact) mass is 267 g/mol. The van der Waals surface area contributed by atoms with Crippen LogP contribution in [0.15, 0.2) is 0 Å². The molecule has 0 radical (unpaired) electrons. The lowest BCUT2D eigenvalue weighted by atomic mass is 9.73. The van der Waals surface area contributed by atoms with Crippen molar-refractivity contribution >= 4 is 0 Å². The van der Waals surface area contributed by atoms with Gasteiger partial charge >= 0.3 is 0 Å². The molecule has 1 aliphatic heterocycles. The summed E-state index contributed by atoms with van der Waals surface area (Å²) in [6, 6.07) is 1.39. The minimum absolute atomic E-state index is 0.544. The van der Waals surface area contributed by atoms with E-state index in [1.807, 2.05) is 0 Å². The van der Waals surface area contributed by atoms with E-state index < -0.39 is 0 Å². The molecule has 112 valence electrons. The molecule has 2 atom stereocenters. The number of rotatable bonds is 4. The first-order valence-electron chi connectivity index (χ1n) is 8.15. The molecule has 1 saturated carbocycles. The van der Waals surface area contributed by atoms with Crippen molar-refractivity contribution in [3.05, 3.63) is 0 Å². The predicted molar refractivity (Wildman–Crippen MR) is 82.6 cm³/mol. The van der Waals surface area contributed by atoms with E-state index in [1.165, 1.54) is 58.3 Å². The summed E-state index contributed by atoms with van der Waals surface area (Å²) in [6.45, 7) is 9.72. The van der Waals surface area contributed by atoms with Gasteiger partial charge in [0.1, 0.15) is 0 Å². The Kier molecular flexibility index (Phi) is 5.27. The number of likely N-dealkylation sites (N-methyl/N-ethyl adjacent to an activating group) is 1. The summed E-state index contributed by atoms with van der Waals surface area (Å²) < 4.78 is 0. The number of nitrogens with zero attached hydrogens (tertiary/aromatic N) is 2. The second-order valence-electron chi connectivity index (χ2n) is 7.15. The third-order valence-electron chi connectivity index (χ3n) is 5.46. The standard InChI is InChI=1S/C16H33N3/c1-14-10-19(11-15(2)18(14)4)13-16(12-17-3)8-6-5-7-9-16/h14-15,17H,5-13H2,1-4H3. The van der Waals surface area contributed by atoms with Crippen LogP contribution in [0.4, 0.5) is 0 Å². The maximum absolute atomic E-state index is 3.46. The minimum atomic E-state index is 0.544. The van der Waals surface area contributed by atoms with Crippen LogP contribution in [0.2, 0.25) is 0 Å². The first-order chi connectivity index (χ1) is 9.06. The van der Waals surface area contributed by atoms with Crippen LogP contribution in [0.1, 0.15) is 46.0 Å². The lowest BCUT2D eigenvalue weighted by Gasteiger charge is -2.47. The van der Waals surface area contributed by atoms with Crippen LogP contribution in [-0.2, 0) is 0 Å². The lowest BCUT2D eigenvalue weighted by Crippen LogP contribution is -2.57. The van der Waals surface area contributed by atoms with Crippen LogP contribution in [-0.4, -0.2) is 62.2 Å². The quantitative estimate of drug-likeness (QED) is 0.842. The fourth-order valence-corrected chi connectivity index (χ4v) is 4.18. The molecule has 1 saturated heterocycles. The molecule has 2 rings (SSSR count). The summed E-state index contributed by atoms with van der Waals surface area (Å²) in [5.74, 6) is 0. The molecule has 1 aliphatic carbocycles. The third kappa shape index (κ3) is 3.71. The molecular weight excluding hydrogens is 234 g/mol. The Morgan fingerprint density at radius 1 is 1.05 bits per heavy atom. The molecule has 2 aliphatic rings. The Balaban J connectivity index is 1.97. The van der Waals surface area contributed by atoms with Crippen molar-refractivity contribution < 1.29 is 0 Å². The van der Waals surface area contributed by atoms with Crippen molar-refractivity contribution in [2.24, 2.45) is 5.41 Å². The van der Waals surface area contributed by atoms with Crippen molar-refractivity contribution in [1.29, 1.82) is 0 Å². The van der Waals surface area contributed by atoms with Gasteiger partial charge in [0.2, 0.25) is 0 Å². The van der Waals surface area contributed by atoms with Gasteiger partial charge in [-0.2, -0.15) is 0 Å². The first-order valence-corrected chi connectivity index (χ1v) is 8.15. The van der Waals surface area contributed by atoms with Crippen molar-refractivity contribution in [3.8, 4) is 0 Å². The van der Waals surface area contributed by atoms with Gasteiger partial charge in [-0.3, -0.25) is 9.80 Å². The molecule has 2 fully saturated rings. The highest BCUT2D eigenvalue weighted by atomic mass is 15.3. The Labute approximate surface area is 119 Å². The van der Waals surface area contributed by atoms with E-state index in [0.717, 1.165) is 0 Å². The van der Waals surface area contributed by atoms with Gasteiger partial charge in [0.15, 0.2) is 0 Å². The van der Waals surface area contributed by atoms with Gasteiger partial charge in [0, 0.05) is 38.3 Å². The molecule has 19 heavy (non-hydrogen) atoms. The summed E-state index contributed by atoms with van der Waals surface area (Å²) in [7, 11) is 4.39. The van der Waals surface area contributed by atoms with Gasteiger partial charge in [-0.15, -0.1) is 0 Å². The smallest absolute Gasteiger partial charge is 0.0195 e. The highest BCUT2D eigenvalue weighted by molar-refractivity contribution is 4.91. The summed E-state index contributed by atoms with van der Waals surface area (Å²) in [6.07, 6.45) is 7.15. The largest absolute Gasteiger partial charge is 0.319 e.